The van der Waals surface area contributed by atoms with Crippen molar-refractivity contribution >= 4 is 12.3 Å². The zero-order valence-electron chi connectivity index (χ0n) is 6.53. The minimum atomic E-state index is -1.23. The molecule has 0 aromatic heterocycles. The molecule has 1 rings (SSSR count). The van der Waals surface area contributed by atoms with E-state index in [-0.39, 0.29) is 5.56 Å². The van der Waals surface area contributed by atoms with Crippen LogP contribution < -0.4 is 5.11 Å². The maximum atomic E-state index is 10.4. The topological polar surface area (TPSA) is 57.2 Å². The van der Waals surface area contributed by atoms with Crippen LogP contribution in [0.3, 0.4) is 0 Å². The molecular weight excluding hydrogens is 156 g/mol. The van der Waals surface area contributed by atoms with Crippen molar-refractivity contribution in [2.24, 2.45) is 0 Å². The highest BCUT2D eigenvalue weighted by Crippen LogP contribution is 2.07. The number of hydrogen-bond donors (Lipinski definition) is 0. The summed E-state index contributed by atoms with van der Waals surface area (Å²) in [5.74, 6) is -1.23. The molecular formula is C9H7O3-. The van der Waals surface area contributed by atoms with Gasteiger partial charge in [0.2, 0.25) is 0 Å². The summed E-state index contributed by atoms with van der Waals surface area (Å²) >= 11 is 0. The first-order valence-corrected chi connectivity index (χ1v) is 3.42. The lowest BCUT2D eigenvalue weighted by molar-refractivity contribution is -0.255. The molecule has 0 aliphatic rings. The lowest BCUT2D eigenvalue weighted by Crippen LogP contribution is -2.22. The van der Waals surface area contributed by atoms with Crippen LogP contribution in [0.4, 0.5) is 0 Å². The Bertz CT molecular complexity index is 329. The second-order valence-corrected chi connectivity index (χ2v) is 2.48. The van der Waals surface area contributed by atoms with E-state index >= 15 is 0 Å². The molecule has 0 fully saturated rings. The number of carbonyl (C=O) groups excluding carboxylic acids is 2. The second kappa shape index (κ2) is 3.17. The average Bonchev–Trinajstić information content (AvgIpc) is 2.04. The first-order chi connectivity index (χ1) is 5.65. The van der Waals surface area contributed by atoms with Gasteiger partial charge >= 0.3 is 0 Å². The van der Waals surface area contributed by atoms with Gasteiger partial charge < -0.3 is 9.90 Å². The van der Waals surface area contributed by atoms with Crippen molar-refractivity contribution in [3.8, 4) is 0 Å². The minimum absolute atomic E-state index is 0.0955. The monoisotopic (exact) mass is 163 g/mol. The van der Waals surface area contributed by atoms with Gasteiger partial charge in [-0.15, -0.1) is 0 Å². The molecule has 62 valence electrons. The van der Waals surface area contributed by atoms with Crippen LogP contribution >= 0.6 is 0 Å². The largest absolute Gasteiger partial charge is 0.545 e. The van der Waals surface area contributed by atoms with Gasteiger partial charge in [-0.2, -0.15) is 0 Å². The fourth-order valence-electron chi connectivity index (χ4n) is 0.935. The third kappa shape index (κ3) is 1.50. The van der Waals surface area contributed by atoms with E-state index in [0.29, 0.717) is 17.4 Å². The first kappa shape index (κ1) is 8.46. The molecule has 0 bridgehead atoms. The van der Waals surface area contributed by atoms with Crippen LogP contribution in [0, 0.1) is 6.92 Å². The van der Waals surface area contributed by atoms with Crippen LogP contribution in [0.25, 0.3) is 0 Å². The Morgan fingerprint density at radius 2 is 2.17 bits per heavy atom. The molecule has 0 amide bonds. The molecule has 1 aromatic carbocycles. The van der Waals surface area contributed by atoms with Crippen molar-refractivity contribution in [1.29, 1.82) is 0 Å². The summed E-state index contributed by atoms with van der Waals surface area (Å²) in [6, 6.07) is 4.23. The van der Waals surface area contributed by atoms with Crippen molar-refractivity contribution < 1.29 is 14.7 Å². The first-order valence-electron chi connectivity index (χ1n) is 3.42. The third-order valence-corrected chi connectivity index (χ3v) is 1.63. The smallest absolute Gasteiger partial charge is 0.150 e. The number of carboxylic acid groups (broad SMARTS) is 1. The molecule has 0 N–H and O–H groups in total. The summed E-state index contributed by atoms with van der Waals surface area (Å²) in [7, 11) is 0. The molecule has 0 saturated heterocycles. The fourth-order valence-corrected chi connectivity index (χ4v) is 0.935. The summed E-state index contributed by atoms with van der Waals surface area (Å²) in [4.78, 5) is 20.7. The molecule has 12 heavy (non-hydrogen) atoms. The van der Waals surface area contributed by atoms with Crippen LogP contribution in [0.15, 0.2) is 18.2 Å². The maximum Gasteiger partial charge on any atom is 0.150 e. The highest BCUT2D eigenvalue weighted by molar-refractivity contribution is 5.88. The van der Waals surface area contributed by atoms with Crippen molar-refractivity contribution in [1.82, 2.24) is 0 Å². The lowest BCUT2D eigenvalue weighted by atomic mass is 10.1. The molecule has 1 aromatic rings. The van der Waals surface area contributed by atoms with Crippen molar-refractivity contribution in [3.63, 3.8) is 0 Å². The molecule has 0 saturated carbocycles. The van der Waals surface area contributed by atoms with E-state index in [4.69, 9.17) is 0 Å². The molecule has 0 aliphatic carbocycles. The minimum Gasteiger partial charge on any atom is -0.545 e. The van der Waals surface area contributed by atoms with Gasteiger partial charge in [0.25, 0.3) is 0 Å². The highest BCUT2D eigenvalue weighted by atomic mass is 16.4. The number of carboxylic acids is 1. The van der Waals surface area contributed by atoms with Gasteiger partial charge in [-0.1, -0.05) is 12.1 Å². The highest BCUT2D eigenvalue weighted by Gasteiger charge is 1.98. The Morgan fingerprint density at radius 3 is 2.58 bits per heavy atom. The van der Waals surface area contributed by atoms with Crippen LogP contribution in [-0.2, 0) is 0 Å². The predicted octanol–water partition coefficient (Wildman–Crippen LogP) is 0.171. The van der Waals surface area contributed by atoms with Crippen LogP contribution in [0.1, 0.15) is 26.3 Å². The number of rotatable bonds is 2. The van der Waals surface area contributed by atoms with Gasteiger partial charge in [0, 0.05) is 5.56 Å². The lowest BCUT2D eigenvalue weighted by Gasteiger charge is -2.04. The van der Waals surface area contributed by atoms with E-state index in [1.54, 1.807) is 6.92 Å². The normalized spacial score (nSPS) is 9.42. The average molecular weight is 163 g/mol. The Balaban J connectivity index is 3.18. The molecule has 3 heteroatoms. The summed E-state index contributed by atoms with van der Waals surface area (Å²) in [5.41, 5.74) is 1.24. The van der Waals surface area contributed by atoms with Crippen LogP contribution in [0.5, 0.6) is 0 Å². The van der Waals surface area contributed by atoms with E-state index in [1.807, 2.05) is 0 Å². The molecule has 0 heterocycles. The van der Waals surface area contributed by atoms with Gasteiger partial charge in [0.15, 0.2) is 0 Å². The van der Waals surface area contributed by atoms with Gasteiger partial charge in [-0.3, -0.25) is 4.79 Å². The standard InChI is InChI=1S/C9H8O3/c1-6-4-7(9(11)12)2-3-8(6)5-10/h2-5H,1H3,(H,11,12)/p-1. The van der Waals surface area contributed by atoms with Gasteiger partial charge in [-0.05, 0) is 24.1 Å². The van der Waals surface area contributed by atoms with Gasteiger partial charge in [0.05, 0.1) is 5.97 Å². The molecule has 0 aliphatic heterocycles. The summed E-state index contributed by atoms with van der Waals surface area (Å²) in [6.45, 7) is 1.68. The SMILES string of the molecule is Cc1cc(C(=O)[O-])ccc1C=O. The quantitative estimate of drug-likeness (QED) is 0.584. The van der Waals surface area contributed by atoms with Crippen LogP contribution in [-0.4, -0.2) is 12.3 Å². The number of aldehydes is 1. The van der Waals surface area contributed by atoms with E-state index < -0.39 is 5.97 Å². The fraction of sp³-hybridized carbons (Fsp3) is 0.111. The second-order valence-electron chi connectivity index (χ2n) is 2.48. The molecule has 0 radical (unpaired) electrons. The van der Waals surface area contributed by atoms with Crippen LogP contribution in [0.2, 0.25) is 0 Å². The molecule has 3 nitrogen and oxygen atoms in total. The molecule has 0 atom stereocenters. The van der Waals surface area contributed by atoms with Crippen molar-refractivity contribution in [2.45, 2.75) is 6.92 Å². The third-order valence-electron chi connectivity index (χ3n) is 1.63. The summed E-state index contributed by atoms with van der Waals surface area (Å²) in [6.07, 6.45) is 0.689. The van der Waals surface area contributed by atoms with Crippen molar-refractivity contribution in [3.05, 3.63) is 34.9 Å². The zero-order chi connectivity index (χ0) is 9.14. The molecule has 0 spiro atoms. The van der Waals surface area contributed by atoms with E-state index in [0.717, 1.165) is 0 Å². The number of aromatic carboxylic acids is 1. The Labute approximate surface area is 69.6 Å². The predicted molar refractivity (Wildman–Crippen MR) is 40.9 cm³/mol. The zero-order valence-corrected chi connectivity index (χ0v) is 6.53. The van der Waals surface area contributed by atoms with E-state index in [2.05, 4.69) is 0 Å². The number of benzene rings is 1. The summed E-state index contributed by atoms with van der Waals surface area (Å²) < 4.78 is 0. The number of hydrogen-bond acceptors (Lipinski definition) is 3. The molecule has 0 unspecified atom stereocenters. The Morgan fingerprint density at radius 1 is 1.50 bits per heavy atom. The maximum absolute atomic E-state index is 10.4. The van der Waals surface area contributed by atoms with Crippen molar-refractivity contribution in [2.75, 3.05) is 0 Å². The Hall–Kier alpha value is -1.64. The van der Waals surface area contributed by atoms with Gasteiger partial charge in [-0.25, -0.2) is 0 Å². The van der Waals surface area contributed by atoms with E-state index in [1.165, 1.54) is 18.2 Å². The van der Waals surface area contributed by atoms with Gasteiger partial charge in [0.1, 0.15) is 6.29 Å². The number of carbonyl (C=O) groups is 2. The number of aryl methyl sites for hydroxylation is 1. The summed E-state index contributed by atoms with van der Waals surface area (Å²) in [5, 5.41) is 10.4. The van der Waals surface area contributed by atoms with E-state index in [9.17, 15) is 14.7 Å². The Kier molecular flexibility index (Phi) is 2.24.